The van der Waals surface area contributed by atoms with E-state index in [4.69, 9.17) is 14.2 Å². The van der Waals surface area contributed by atoms with Gasteiger partial charge < -0.3 is 19.3 Å². The summed E-state index contributed by atoms with van der Waals surface area (Å²) in [5, 5.41) is 12.1. The van der Waals surface area contributed by atoms with Gasteiger partial charge >= 0.3 is 12.0 Å². The van der Waals surface area contributed by atoms with Crippen molar-refractivity contribution in [3.63, 3.8) is 0 Å². The number of ether oxygens (including phenoxy) is 3. The molecule has 0 spiro atoms. The number of epoxide rings is 1. The monoisotopic (exact) mass is 300 g/mol. The maximum Gasteiger partial charge on any atom is 0.328 e. The number of nitrogens with one attached hydrogen (secondary N) is 1. The average Bonchev–Trinajstić information content (AvgIpc) is 2.93. The van der Waals surface area contributed by atoms with Crippen LogP contribution >= 0.6 is 0 Å². The number of hydrogen-bond donors (Lipinski definition) is 2. The lowest BCUT2D eigenvalue weighted by molar-refractivity contribution is -0.149. The van der Waals surface area contributed by atoms with E-state index >= 15 is 0 Å². The van der Waals surface area contributed by atoms with Crippen molar-refractivity contribution in [1.82, 2.24) is 10.2 Å². The number of aliphatic hydroxyl groups is 1. The van der Waals surface area contributed by atoms with E-state index in [1.807, 2.05) is 0 Å². The van der Waals surface area contributed by atoms with Gasteiger partial charge in [-0.3, -0.25) is 19.8 Å². The third-order valence-electron chi connectivity index (χ3n) is 3.89. The minimum Gasteiger partial charge on any atom is -0.463 e. The van der Waals surface area contributed by atoms with Gasteiger partial charge in [-0.25, -0.2) is 4.79 Å². The Kier molecular flexibility index (Phi) is 3.15. The van der Waals surface area contributed by atoms with Crippen molar-refractivity contribution in [1.29, 1.82) is 0 Å². The SMILES string of the molecule is CC(=O)OC[C@H]1O[C@@H](N2C(=O)NC(=O)[C@]3(C)OC23)C[C@@H]1O. The van der Waals surface area contributed by atoms with Crippen LogP contribution in [0.15, 0.2) is 0 Å². The van der Waals surface area contributed by atoms with E-state index in [-0.39, 0.29) is 13.0 Å². The molecule has 9 heteroatoms. The van der Waals surface area contributed by atoms with Gasteiger partial charge in [-0.15, -0.1) is 0 Å². The van der Waals surface area contributed by atoms with Crippen LogP contribution in [0, 0.1) is 0 Å². The quantitative estimate of drug-likeness (QED) is 0.491. The summed E-state index contributed by atoms with van der Waals surface area (Å²) in [5.41, 5.74) is -1.06. The van der Waals surface area contributed by atoms with Gasteiger partial charge in [0.05, 0.1) is 6.10 Å². The lowest BCUT2D eigenvalue weighted by Crippen LogP contribution is -2.59. The van der Waals surface area contributed by atoms with Gasteiger partial charge in [0.25, 0.3) is 5.91 Å². The molecule has 3 saturated heterocycles. The molecule has 3 amide bonds. The Bertz CT molecular complexity index is 510. The number of urea groups is 1. The zero-order chi connectivity index (χ0) is 15.4. The van der Waals surface area contributed by atoms with E-state index in [0.717, 1.165) is 0 Å². The first-order chi connectivity index (χ1) is 9.83. The summed E-state index contributed by atoms with van der Waals surface area (Å²) in [5.74, 6) is -0.961. The van der Waals surface area contributed by atoms with E-state index in [2.05, 4.69) is 5.32 Å². The number of amides is 3. The van der Waals surface area contributed by atoms with E-state index in [1.165, 1.54) is 11.8 Å². The first-order valence-corrected chi connectivity index (χ1v) is 6.61. The Labute approximate surface area is 120 Å². The van der Waals surface area contributed by atoms with Crippen LogP contribution in [-0.2, 0) is 23.8 Å². The van der Waals surface area contributed by atoms with E-state index in [9.17, 15) is 19.5 Å². The van der Waals surface area contributed by atoms with Crippen LogP contribution in [0.4, 0.5) is 4.79 Å². The Morgan fingerprint density at radius 2 is 2.29 bits per heavy atom. The molecule has 3 heterocycles. The van der Waals surface area contributed by atoms with Crippen LogP contribution < -0.4 is 5.32 Å². The Balaban J connectivity index is 1.67. The third kappa shape index (κ3) is 2.27. The zero-order valence-electron chi connectivity index (χ0n) is 11.6. The van der Waals surface area contributed by atoms with Gasteiger partial charge in [-0.2, -0.15) is 0 Å². The molecule has 5 atom stereocenters. The van der Waals surface area contributed by atoms with Gasteiger partial charge in [0.2, 0.25) is 0 Å². The van der Waals surface area contributed by atoms with Crippen LogP contribution in [0.5, 0.6) is 0 Å². The number of fused-ring (bicyclic) bond motifs is 1. The van der Waals surface area contributed by atoms with Crippen molar-refractivity contribution >= 4 is 17.9 Å². The predicted molar refractivity (Wildman–Crippen MR) is 64.6 cm³/mol. The standard InChI is InChI=1S/C12H16N2O7/c1-5(15)19-4-7-6(16)3-8(20-7)14-10-12(2,21-10)9(17)13-11(14)18/h6-8,10,16H,3-4H2,1-2H3,(H,13,17,18)/t6-,7+,8+,10?,12-/m0/s1. The van der Waals surface area contributed by atoms with Crippen LogP contribution in [0.25, 0.3) is 0 Å². The van der Waals surface area contributed by atoms with Crippen molar-refractivity contribution in [2.24, 2.45) is 0 Å². The molecule has 3 aliphatic heterocycles. The van der Waals surface area contributed by atoms with Crippen LogP contribution in [0.2, 0.25) is 0 Å². The lowest BCUT2D eigenvalue weighted by Gasteiger charge is -2.30. The summed E-state index contributed by atoms with van der Waals surface area (Å²) >= 11 is 0. The maximum atomic E-state index is 11.9. The predicted octanol–water partition coefficient (Wildman–Crippen LogP) is -1.31. The normalized spacial score (nSPS) is 41.6. The fourth-order valence-corrected chi connectivity index (χ4v) is 2.60. The average molecular weight is 300 g/mol. The van der Waals surface area contributed by atoms with E-state index < -0.39 is 48.2 Å². The second kappa shape index (κ2) is 4.65. The molecule has 0 aromatic rings. The Hall–Kier alpha value is -1.71. The summed E-state index contributed by atoms with van der Waals surface area (Å²) < 4.78 is 15.7. The van der Waals surface area contributed by atoms with Crippen LogP contribution in [-0.4, -0.2) is 64.8 Å². The highest BCUT2D eigenvalue weighted by atomic mass is 16.7. The Morgan fingerprint density at radius 3 is 2.95 bits per heavy atom. The molecule has 3 aliphatic rings. The lowest BCUT2D eigenvalue weighted by atomic mass is 10.1. The third-order valence-corrected chi connectivity index (χ3v) is 3.89. The highest BCUT2D eigenvalue weighted by Crippen LogP contribution is 2.44. The molecule has 3 rings (SSSR count). The Morgan fingerprint density at radius 1 is 1.57 bits per heavy atom. The molecule has 9 nitrogen and oxygen atoms in total. The highest BCUT2D eigenvalue weighted by Gasteiger charge is 2.68. The molecule has 0 aromatic heterocycles. The van der Waals surface area contributed by atoms with Crippen molar-refractivity contribution in [3.05, 3.63) is 0 Å². The number of carbonyl (C=O) groups is 3. The van der Waals surface area contributed by atoms with Crippen molar-refractivity contribution in [2.45, 2.75) is 50.5 Å². The number of carbonyl (C=O) groups excluding carboxylic acids is 3. The highest BCUT2D eigenvalue weighted by molar-refractivity contribution is 6.03. The summed E-state index contributed by atoms with van der Waals surface area (Å²) in [6, 6.07) is -0.620. The van der Waals surface area contributed by atoms with E-state index in [0.29, 0.717) is 0 Å². The van der Waals surface area contributed by atoms with Crippen molar-refractivity contribution in [3.8, 4) is 0 Å². The van der Waals surface area contributed by atoms with Crippen LogP contribution in [0.1, 0.15) is 20.3 Å². The minimum atomic E-state index is -1.06. The molecule has 0 saturated carbocycles. The molecular formula is C12H16N2O7. The largest absolute Gasteiger partial charge is 0.463 e. The summed E-state index contributed by atoms with van der Waals surface area (Å²) in [6.45, 7) is 2.74. The molecule has 21 heavy (non-hydrogen) atoms. The molecule has 2 N–H and O–H groups in total. The number of esters is 1. The van der Waals surface area contributed by atoms with Crippen molar-refractivity contribution < 1.29 is 33.7 Å². The van der Waals surface area contributed by atoms with Crippen LogP contribution in [0.3, 0.4) is 0 Å². The molecule has 0 bridgehead atoms. The number of nitrogens with zero attached hydrogens (tertiary/aromatic N) is 1. The first kappa shape index (κ1) is 14.2. The fourth-order valence-electron chi connectivity index (χ4n) is 2.60. The van der Waals surface area contributed by atoms with Crippen molar-refractivity contribution in [2.75, 3.05) is 6.61 Å². The van der Waals surface area contributed by atoms with Gasteiger partial charge in [0.1, 0.15) is 18.9 Å². The maximum absolute atomic E-state index is 11.9. The summed E-state index contributed by atoms with van der Waals surface area (Å²) in [4.78, 5) is 35.6. The summed E-state index contributed by atoms with van der Waals surface area (Å²) in [6.07, 6.45) is -2.85. The minimum absolute atomic E-state index is 0.0931. The molecular weight excluding hydrogens is 284 g/mol. The molecule has 0 aliphatic carbocycles. The molecule has 116 valence electrons. The first-order valence-electron chi connectivity index (χ1n) is 6.61. The van der Waals surface area contributed by atoms with Gasteiger partial charge in [0, 0.05) is 13.3 Å². The zero-order valence-corrected chi connectivity index (χ0v) is 11.6. The number of hydrogen-bond acceptors (Lipinski definition) is 7. The van der Waals surface area contributed by atoms with E-state index in [1.54, 1.807) is 6.92 Å². The topological polar surface area (TPSA) is 118 Å². The smallest absolute Gasteiger partial charge is 0.328 e. The molecule has 1 unspecified atom stereocenters. The van der Waals surface area contributed by atoms with Gasteiger partial charge in [0.15, 0.2) is 11.8 Å². The fraction of sp³-hybridized carbons (Fsp3) is 0.750. The molecule has 0 aromatic carbocycles. The summed E-state index contributed by atoms with van der Waals surface area (Å²) in [7, 11) is 0. The number of rotatable bonds is 3. The number of imide groups is 1. The van der Waals surface area contributed by atoms with Gasteiger partial charge in [-0.1, -0.05) is 0 Å². The second-order valence-electron chi connectivity index (χ2n) is 5.48. The second-order valence-corrected chi connectivity index (χ2v) is 5.48. The number of aliphatic hydroxyl groups excluding tert-OH is 1. The molecule has 0 radical (unpaired) electrons. The molecule has 3 fully saturated rings. The van der Waals surface area contributed by atoms with Gasteiger partial charge in [-0.05, 0) is 6.92 Å².